The molecule has 0 aliphatic heterocycles. The van der Waals surface area contributed by atoms with Crippen LogP contribution in [0.5, 0.6) is 0 Å². The third-order valence-electron chi connectivity index (χ3n) is 2.37. The summed E-state index contributed by atoms with van der Waals surface area (Å²) in [6.45, 7) is 22.1. The van der Waals surface area contributed by atoms with Crippen LogP contribution in [0.2, 0.25) is 0 Å². The van der Waals surface area contributed by atoms with Crippen LogP contribution in [0, 0.1) is 0 Å². The highest BCUT2D eigenvalue weighted by atomic mass is 15.2. The lowest BCUT2D eigenvalue weighted by molar-refractivity contribution is 0.204. The minimum atomic E-state index is 0.671. The zero-order valence-corrected chi connectivity index (χ0v) is 14.6. The minimum Gasteiger partial charge on any atom is -0.305 e. The zero-order valence-electron chi connectivity index (χ0n) is 14.6. The number of hydrogen-bond acceptors (Lipinski definition) is 2. The summed E-state index contributed by atoms with van der Waals surface area (Å²) in [6.07, 6.45) is 0. The van der Waals surface area contributed by atoms with Gasteiger partial charge in [-0.2, -0.15) is 0 Å². The van der Waals surface area contributed by atoms with Gasteiger partial charge < -0.3 is 9.80 Å². The second-order valence-corrected chi connectivity index (χ2v) is 3.28. The topological polar surface area (TPSA) is 6.48 Å². The van der Waals surface area contributed by atoms with Gasteiger partial charge in [-0.25, -0.2) is 0 Å². The molecule has 0 radical (unpaired) electrons. The minimum absolute atomic E-state index is 0.671. The molecular formula is C15H40N2. The van der Waals surface area contributed by atoms with E-state index in [0.717, 1.165) is 13.1 Å². The van der Waals surface area contributed by atoms with Crippen molar-refractivity contribution in [1.82, 2.24) is 9.80 Å². The largest absolute Gasteiger partial charge is 0.305 e. The van der Waals surface area contributed by atoms with Crippen molar-refractivity contribution in [3.05, 3.63) is 0 Å². The highest BCUT2D eigenvalue weighted by Crippen LogP contribution is 1.96. The fraction of sp³-hybridized carbons (Fsp3) is 1.00. The third-order valence-corrected chi connectivity index (χ3v) is 2.37. The van der Waals surface area contributed by atoms with E-state index in [1.54, 1.807) is 0 Å². The molecule has 0 aliphatic carbocycles. The van der Waals surface area contributed by atoms with E-state index in [0.29, 0.717) is 6.04 Å². The summed E-state index contributed by atoms with van der Waals surface area (Å²) in [6, 6.07) is 0.671. The van der Waals surface area contributed by atoms with E-state index in [1.807, 2.05) is 41.5 Å². The van der Waals surface area contributed by atoms with Gasteiger partial charge in [0.2, 0.25) is 0 Å². The highest BCUT2D eigenvalue weighted by molar-refractivity contribution is 4.65. The van der Waals surface area contributed by atoms with E-state index in [-0.39, 0.29) is 0 Å². The molecule has 17 heavy (non-hydrogen) atoms. The van der Waals surface area contributed by atoms with E-state index in [9.17, 15) is 0 Å². The van der Waals surface area contributed by atoms with Gasteiger partial charge in [0.1, 0.15) is 0 Å². The molecule has 0 amide bonds. The first-order valence-corrected chi connectivity index (χ1v) is 7.50. The van der Waals surface area contributed by atoms with Gasteiger partial charge in [-0.1, -0.05) is 55.4 Å². The molecule has 0 heterocycles. The Balaban J connectivity index is -0.000000121. The Morgan fingerprint density at radius 2 is 1.12 bits per heavy atom. The fourth-order valence-electron chi connectivity index (χ4n) is 1.03. The number of hydrogen-bond donors (Lipinski definition) is 0. The summed E-state index contributed by atoms with van der Waals surface area (Å²) in [5, 5.41) is 0. The maximum Gasteiger partial charge on any atom is 0.0191 e. The Bertz CT molecular complexity index is 94.9. The van der Waals surface area contributed by atoms with Crippen LogP contribution in [0.15, 0.2) is 0 Å². The van der Waals surface area contributed by atoms with Gasteiger partial charge in [0.15, 0.2) is 0 Å². The molecule has 0 aromatic carbocycles. The SMILES string of the molecule is CC.CC.CC.CCN(C)CC(C)N(C)CC. The van der Waals surface area contributed by atoms with Crippen LogP contribution < -0.4 is 0 Å². The average molecular weight is 248 g/mol. The van der Waals surface area contributed by atoms with Crippen molar-refractivity contribution >= 4 is 0 Å². The second-order valence-electron chi connectivity index (χ2n) is 3.28. The maximum absolute atomic E-state index is 2.37. The zero-order chi connectivity index (χ0) is 14.9. The van der Waals surface area contributed by atoms with Gasteiger partial charge in [-0.15, -0.1) is 0 Å². The Kier molecular flexibility index (Phi) is 37.7. The lowest BCUT2D eigenvalue weighted by Gasteiger charge is -2.27. The summed E-state index contributed by atoms with van der Waals surface area (Å²) in [7, 11) is 4.34. The molecule has 2 nitrogen and oxygen atoms in total. The van der Waals surface area contributed by atoms with Crippen LogP contribution in [0.3, 0.4) is 0 Å². The molecule has 1 unspecified atom stereocenters. The Morgan fingerprint density at radius 1 is 0.765 bits per heavy atom. The summed E-state index contributed by atoms with van der Waals surface area (Å²) < 4.78 is 0. The van der Waals surface area contributed by atoms with Gasteiger partial charge in [0.05, 0.1) is 0 Å². The van der Waals surface area contributed by atoms with E-state index in [2.05, 4.69) is 44.7 Å². The predicted molar refractivity (Wildman–Crippen MR) is 85.0 cm³/mol. The molecule has 0 spiro atoms. The standard InChI is InChI=1S/C9H22N2.3C2H6/c1-6-10(4)8-9(3)11(5)7-2;3*1-2/h9H,6-8H2,1-5H3;3*1-2H3. The Morgan fingerprint density at radius 3 is 1.35 bits per heavy atom. The molecule has 0 bridgehead atoms. The van der Waals surface area contributed by atoms with Crippen molar-refractivity contribution in [2.75, 3.05) is 33.7 Å². The van der Waals surface area contributed by atoms with Gasteiger partial charge in [-0.05, 0) is 34.1 Å². The van der Waals surface area contributed by atoms with Crippen LogP contribution >= 0.6 is 0 Å². The molecule has 110 valence electrons. The van der Waals surface area contributed by atoms with Gasteiger partial charge in [0, 0.05) is 12.6 Å². The smallest absolute Gasteiger partial charge is 0.0191 e. The van der Waals surface area contributed by atoms with E-state index in [4.69, 9.17) is 0 Å². The van der Waals surface area contributed by atoms with Crippen molar-refractivity contribution in [3.63, 3.8) is 0 Å². The molecule has 1 atom stereocenters. The normalized spacial score (nSPS) is 10.4. The van der Waals surface area contributed by atoms with Crippen LogP contribution in [-0.4, -0.2) is 49.6 Å². The van der Waals surface area contributed by atoms with Crippen molar-refractivity contribution in [1.29, 1.82) is 0 Å². The van der Waals surface area contributed by atoms with Crippen LogP contribution in [0.1, 0.15) is 62.3 Å². The van der Waals surface area contributed by atoms with E-state index >= 15 is 0 Å². The molecule has 0 N–H and O–H groups in total. The molecule has 0 saturated carbocycles. The summed E-state index contributed by atoms with van der Waals surface area (Å²) in [5.74, 6) is 0. The van der Waals surface area contributed by atoms with E-state index < -0.39 is 0 Å². The summed E-state index contributed by atoms with van der Waals surface area (Å²) >= 11 is 0. The molecule has 2 heteroatoms. The van der Waals surface area contributed by atoms with Gasteiger partial charge in [0.25, 0.3) is 0 Å². The van der Waals surface area contributed by atoms with Crippen molar-refractivity contribution in [3.8, 4) is 0 Å². The number of rotatable bonds is 5. The molecule has 0 aliphatic rings. The van der Waals surface area contributed by atoms with Crippen molar-refractivity contribution in [2.45, 2.75) is 68.4 Å². The summed E-state index contributed by atoms with van der Waals surface area (Å²) in [5.41, 5.74) is 0. The Hall–Kier alpha value is -0.0800. The average Bonchev–Trinajstić information content (AvgIpc) is 2.44. The first kappa shape index (κ1) is 25.7. The van der Waals surface area contributed by atoms with E-state index in [1.165, 1.54) is 6.54 Å². The third kappa shape index (κ3) is 21.7. The molecule has 0 aromatic heterocycles. The van der Waals surface area contributed by atoms with Crippen LogP contribution in [0.25, 0.3) is 0 Å². The van der Waals surface area contributed by atoms with Crippen LogP contribution in [0.4, 0.5) is 0 Å². The van der Waals surface area contributed by atoms with Crippen LogP contribution in [-0.2, 0) is 0 Å². The summed E-state index contributed by atoms with van der Waals surface area (Å²) in [4.78, 5) is 4.71. The van der Waals surface area contributed by atoms with Crippen molar-refractivity contribution in [2.24, 2.45) is 0 Å². The molecule has 0 aromatic rings. The molecule has 0 fully saturated rings. The first-order valence-electron chi connectivity index (χ1n) is 7.50. The second kappa shape index (κ2) is 24.9. The highest BCUT2D eigenvalue weighted by Gasteiger charge is 2.07. The lowest BCUT2D eigenvalue weighted by Crippen LogP contribution is -2.38. The number of nitrogens with zero attached hydrogens (tertiary/aromatic N) is 2. The molecule has 0 saturated heterocycles. The number of likely N-dealkylation sites (N-methyl/N-ethyl adjacent to an activating group) is 2. The predicted octanol–water partition coefficient (Wildman–Crippen LogP) is 4.36. The first-order chi connectivity index (χ1) is 8.11. The van der Waals surface area contributed by atoms with Gasteiger partial charge in [-0.3, -0.25) is 0 Å². The quantitative estimate of drug-likeness (QED) is 0.713. The van der Waals surface area contributed by atoms with Gasteiger partial charge >= 0.3 is 0 Å². The Labute approximate surface area is 112 Å². The lowest BCUT2D eigenvalue weighted by atomic mass is 10.3. The maximum atomic E-state index is 2.37. The monoisotopic (exact) mass is 248 g/mol. The fourth-order valence-corrected chi connectivity index (χ4v) is 1.03. The molecule has 0 rings (SSSR count). The van der Waals surface area contributed by atoms with Crippen molar-refractivity contribution < 1.29 is 0 Å². The molecular weight excluding hydrogens is 208 g/mol.